The average molecular weight is 1160 g/mol. The van der Waals surface area contributed by atoms with Crippen LogP contribution in [0.1, 0.15) is 20.8 Å². The lowest BCUT2D eigenvalue weighted by Crippen LogP contribution is -2.54. The number of primary amides is 1. The van der Waals surface area contributed by atoms with Crippen LogP contribution >= 0.6 is 33.3 Å². The second-order valence-electron chi connectivity index (χ2n) is 16.2. The third kappa shape index (κ3) is 40.5. The molecule has 2 unspecified atom stereocenters. The van der Waals surface area contributed by atoms with Gasteiger partial charge in [-0.2, -0.15) is 0 Å². The molecule has 0 saturated carbocycles. The van der Waals surface area contributed by atoms with Gasteiger partial charge in [-0.05, 0) is 41.9 Å². The van der Waals surface area contributed by atoms with Crippen molar-refractivity contribution in [1.29, 1.82) is 0 Å². The summed E-state index contributed by atoms with van der Waals surface area (Å²) in [5.74, 6) is -4.18. The monoisotopic (exact) mass is 1160 g/mol. The van der Waals surface area contributed by atoms with Crippen LogP contribution < -0.4 is 64.2 Å². The van der Waals surface area contributed by atoms with Crippen molar-refractivity contribution in [3.05, 3.63) is 0 Å². The van der Waals surface area contributed by atoms with E-state index in [1.54, 1.807) is 21.0 Å². The van der Waals surface area contributed by atoms with Crippen LogP contribution in [-0.2, 0) is 81.1 Å². The molecule has 0 radical (unpaired) electrons. The molecular formula is C45H84N12O17S3. The lowest BCUT2D eigenvalue weighted by atomic mass is 10.2. The van der Waals surface area contributed by atoms with Crippen molar-refractivity contribution in [1.82, 2.24) is 58.5 Å². The Morgan fingerprint density at radius 2 is 1.03 bits per heavy atom. The number of nitrogens with one attached hydrogen (secondary N) is 11. The van der Waals surface area contributed by atoms with Crippen molar-refractivity contribution in [3.63, 3.8) is 0 Å². The first-order valence-electron chi connectivity index (χ1n) is 24.9. The second kappa shape index (κ2) is 48.8. The highest BCUT2D eigenvalue weighted by Gasteiger charge is 2.27. The van der Waals surface area contributed by atoms with Crippen LogP contribution in [-0.4, -0.2) is 265 Å². The Morgan fingerprint density at radius 1 is 0.532 bits per heavy atom. The van der Waals surface area contributed by atoms with E-state index in [-0.39, 0.29) is 95.8 Å². The first kappa shape index (κ1) is 72.7. The van der Waals surface area contributed by atoms with Crippen molar-refractivity contribution in [2.45, 2.75) is 61.6 Å². The molecule has 13 N–H and O–H groups in total. The van der Waals surface area contributed by atoms with Crippen molar-refractivity contribution >= 4 is 93.2 Å². The van der Waals surface area contributed by atoms with E-state index in [1.807, 2.05) is 7.05 Å². The zero-order valence-corrected chi connectivity index (χ0v) is 47.4. The highest BCUT2D eigenvalue weighted by molar-refractivity contribution is 8.77. The fourth-order valence-corrected chi connectivity index (χ4v) is 9.00. The van der Waals surface area contributed by atoms with Crippen LogP contribution in [0.4, 0.5) is 0 Å². The molecule has 0 rings (SSSR count). The summed E-state index contributed by atoms with van der Waals surface area (Å²) >= 11 is 1.06. The van der Waals surface area contributed by atoms with Gasteiger partial charge in [0.1, 0.15) is 43.2 Å². The Kier molecular flexibility index (Phi) is 46.1. The zero-order chi connectivity index (χ0) is 57.5. The minimum Gasteiger partial charge on any atom is -0.378 e. The molecular weight excluding hydrogens is 1080 g/mol. The Hall–Kier alpha value is -4.29. The quantitative estimate of drug-likeness (QED) is 0.0117. The molecule has 0 aromatic carbocycles. The zero-order valence-electron chi connectivity index (χ0n) is 45.0. The lowest BCUT2D eigenvalue weighted by Gasteiger charge is -2.25. The van der Waals surface area contributed by atoms with E-state index in [1.165, 1.54) is 24.6 Å². The molecule has 0 aromatic rings. The smallest absolute Gasteiger partial charge is 0.249 e. The summed E-state index contributed by atoms with van der Waals surface area (Å²) in [6, 6.07) is -4.43. The molecule has 0 aliphatic carbocycles. The third-order valence-electron chi connectivity index (χ3n) is 9.83. The number of amides is 8. The number of hydrogen-bond acceptors (Lipinski definition) is 24. The molecule has 77 heavy (non-hydrogen) atoms. The highest BCUT2D eigenvalue weighted by atomic mass is 33.1. The van der Waals surface area contributed by atoms with E-state index in [0.29, 0.717) is 58.8 Å². The normalized spacial score (nSPS) is 13.8. The maximum atomic E-state index is 12.9. The van der Waals surface area contributed by atoms with E-state index >= 15 is 0 Å². The summed E-state index contributed by atoms with van der Waals surface area (Å²) in [4.78, 5) is 122. The third-order valence-corrected chi connectivity index (χ3v) is 13.8. The molecule has 0 aliphatic heterocycles. The number of nitrogens with two attached hydrogens (primary N) is 1. The topological polar surface area (TPSA) is 394 Å². The van der Waals surface area contributed by atoms with E-state index in [2.05, 4.69) is 58.5 Å². The largest absolute Gasteiger partial charge is 0.378 e. The van der Waals surface area contributed by atoms with Gasteiger partial charge in [0.25, 0.3) is 0 Å². The minimum atomic E-state index is -1.13. The fraction of sp³-hybridized carbons (Fsp3) is 0.778. The van der Waals surface area contributed by atoms with Gasteiger partial charge in [0.05, 0.1) is 110 Å². The SMILES string of the molecule is CNCCOCCOCCOCCNC(=O)COCC(=O)NCCOCCOCCOCCNC(=O)CSC(CN[C@@H](C)C=O)[C@@H](C=O)NC(=O)CNC(=O)[C@H](C)NC(=O)[C@H](CSSC(NC)C(=O)N[C@@H](C)C(N)=O)NC. The second-order valence-corrected chi connectivity index (χ2v) is 19.9. The molecule has 0 heterocycles. The van der Waals surface area contributed by atoms with Crippen LogP contribution in [0, 0.1) is 0 Å². The number of ether oxygens (including phenoxy) is 7. The van der Waals surface area contributed by atoms with Gasteiger partial charge in [-0.1, -0.05) is 21.6 Å². The number of aldehydes is 2. The maximum absolute atomic E-state index is 12.9. The van der Waals surface area contributed by atoms with E-state index < -0.39 is 82.8 Å². The summed E-state index contributed by atoms with van der Waals surface area (Å²) in [5.41, 5.74) is 5.21. The van der Waals surface area contributed by atoms with Crippen molar-refractivity contribution < 1.29 is 81.1 Å². The van der Waals surface area contributed by atoms with Gasteiger partial charge in [-0.3, -0.25) is 43.7 Å². The summed E-state index contributed by atoms with van der Waals surface area (Å²) in [6.45, 7) is 9.09. The van der Waals surface area contributed by atoms with Crippen molar-refractivity contribution in [2.24, 2.45) is 5.73 Å². The summed E-state index contributed by atoms with van der Waals surface area (Å²) in [5, 5.41) is 28.1. The van der Waals surface area contributed by atoms with Gasteiger partial charge < -0.3 is 102 Å². The van der Waals surface area contributed by atoms with Crippen LogP contribution in [0.5, 0.6) is 0 Å². The first-order chi connectivity index (χ1) is 37.0. The van der Waals surface area contributed by atoms with Crippen LogP contribution in [0.3, 0.4) is 0 Å². The van der Waals surface area contributed by atoms with E-state index in [9.17, 15) is 47.9 Å². The number of likely N-dealkylation sites (N-methyl/N-ethyl adjacent to an activating group) is 3. The molecule has 444 valence electrons. The van der Waals surface area contributed by atoms with Gasteiger partial charge in [0, 0.05) is 43.7 Å². The molecule has 0 bridgehead atoms. The van der Waals surface area contributed by atoms with E-state index in [0.717, 1.165) is 29.1 Å². The Morgan fingerprint density at radius 3 is 1.49 bits per heavy atom. The van der Waals surface area contributed by atoms with Crippen LogP contribution in [0.25, 0.3) is 0 Å². The minimum absolute atomic E-state index is 0.0617. The lowest BCUT2D eigenvalue weighted by molar-refractivity contribution is -0.131. The number of carbonyl (C=O) groups excluding carboxylic acids is 10. The predicted octanol–water partition coefficient (Wildman–Crippen LogP) is -6.24. The van der Waals surface area contributed by atoms with E-state index in [4.69, 9.17) is 38.9 Å². The van der Waals surface area contributed by atoms with Gasteiger partial charge in [-0.25, -0.2) is 0 Å². The summed E-state index contributed by atoms with van der Waals surface area (Å²) in [6.07, 6.45) is 1.15. The number of rotatable bonds is 52. The standard InChI is InChI=1S/C45H84N12O17S3/c1-31(25-58)53-23-36(34(26-59)57-37(60)24-54-42(65)33(3)56-43(66)35(48-5)29-76-77-45(49-6)44(67)55-32(2)41(46)64)75-30-40(63)52-10-14-71-18-22-73-21-17-70-13-9-51-39(62)28-74-27-38(61)50-8-12-69-16-20-72-19-15-68-11-7-47-4/h25-26,31-36,45,47-49,53H,7-24,27-30H2,1-6H3,(H2,46,64)(H,50,61)(H,51,62)(H,52,63)(H,54,65)(H,55,67)(H,56,66)(H,57,60)/t31-,32-,33-,34+,35-,36?,45?/m0/s1. The molecule has 8 amide bonds. The molecule has 0 spiro atoms. The molecule has 7 atom stereocenters. The first-order valence-corrected chi connectivity index (χ1v) is 28.3. The predicted molar refractivity (Wildman–Crippen MR) is 290 cm³/mol. The Bertz CT molecular complexity index is 1710. The summed E-state index contributed by atoms with van der Waals surface area (Å²) in [7, 11) is 7.26. The van der Waals surface area contributed by atoms with Crippen molar-refractivity contribution in [2.75, 3.05) is 164 Å². The molecule has 32 heteroatoms. The maximum Gasteiger partial charge on any atom is 0.249 e. The summed E-state index contributed by atoms with van der Waals surface area (Å²) < 4.78 is 37.6. The molecule has 29 nitrogen and oxygen atoms in total. The van der Waals surface area contributed by atoms with Gasteiger partial charge in [-0.15, -0.1) is 11.8 Å². The van der Waals surface area contributed by atoms with Crippen LogP contribution in [0.2, 0.25) is 0 Å². The molecule has 0 aliphatic rings. The number of carbonyl (C=O) groups is 10. The van der Waals surface area contributed by atoms with Gasteiger partial charge >= 0.3 is 0 Å². The van der Waals surface area contributed by atoms with Crippen LogP contribution in [0.15, 0.2) is 0 Å². The highest BCUT2D eigenvalue weighted by Crippen LogP contribution is 2.26. The average Bonchev–Trinajstić information content (AvgIpc) is 3.40. The molecule has 0 fully saturated rings. The molecule has 0 aromatic heterocycles. The van der Waals surface area contributed by atoms with Gasteiger partial charge in [0.15, 0.2) is 0 Å². The Balaban J connectivity index is 4.35. The van der Waals surface area contributed by atoms with Crippen molar-refractivity contribution in [3.8, 4) is 0 Å². The Labute approximate surface area is 462 Å². The number of hydrogen-bond donors (Lipinski definition) is 12. The fourth-order valence-electron chi connectivity index (χ4n) is 5.46. The number of thioether (sulfide) groups is 1. The molecule has 0 saturated heterocycles. The van der Waals surface area contributed by atoms with Gasteiger partial charge in [0.2, 0.25) is 47.3 Å².